The van der Waals surface area contributed by atoms with E-state index in [1.807, 2.05) is 19.1 Å². The van der Waals surface area contributed by atoms with Gasteiger partial charge < -0.3 is 10.8 Å². The van der Waals surface area contributed by atoms with E-state index in [4.69, 9.17) is 17.3 Å². The lowest BCUT2D eigenvalue weighted by molar-refractivity contribution is 0.134. The molecular weight excluding hydrogens is 198 g/mol. The van der Waals surface area contributed by atoms with E-state index in [0.717, 1.165) is 18.4 Å². The molecule has 14 heavy (non-hydrogen) atoms. The predicted molar refractivity (Wildman–Crippen MR) is 59.3 cm³/mol. The van der Waals surface area contributed by atoms with Crippen LogP contribution in [0.4, 0.5) is 0 Å². The lowest BCUT2D eigenvalue weighted by Crippen LogP contribution is -2.25. The summed E-state index contributed by atoms with van der Waals surface area (Å²) in [6.07, 6.45) is 1.19. The molecule has 0 saturated carbocycles. The van der Waals surface area contributed by atoms with Gasteiger partial charge in [0.25, 0.3) is 0 Å². The first-order valence-electron chi connectivity index (χ1n) is 4.84. The lowest BCUT2D eigenvalue weighted by Gasteiger charge is -2.18. The Labute approximate surface area is 89.7 Å². The SMILES string of the molecule is CCC[C@@H](O)[C@@H](N)c1ccc(Cl)cc1. The molecule has 1 aromatic carbocycles. The summed E-state index contributed by atoms with van der Waals surface area (Å²) in [6.45, 7) is 2.03. The van der Waals surface area contributed by atoms with Gasteiger partial charge in [0.05, 0.1) is 12.1 Å². The number of aliphatic hydroxyl groups excluding tert-OH is 1. The minimum Gasteiger partial charge on any atom is -0.391 e. The van der Waals surface area contributed by atoms with Crippen LogP contribution in [0.2, 0.25) is 5.02 Å². The van der Waals surface area contributed by atoms with Gasteiger partial charge in [-0.3, -0.25) is 0 Å². The first-order chi connectivity index (χ1) is 6.65. The van der Waals surface area contributed by atoms with Gasteiger partial charge in [-0.15, -0.1) is 0 Å². The van der Waals surface area contributed by atoms with E-state index in [0.29, 0.717) is 5.02 Å². The van der Waals surface area contributed by atoms with E-state index >= 15 is 0 Å². The molecule has 1 rings (SSSR count). The number of halogens is 1. The second-order valence-electron chi connectivity index (χ2n) is 3.43. The third kappa shape index (κ3) is 2.98. The molecule has 0 aliphatic carbocycles. The molecule has 2 nitrogen and oxygen atoms in total. The molecule has 0 heterocycles. The summed E-state index contributed by atoms with van der Waals surface area (Å²) in [4.78, 5) is 0. The first-order valence-corrected chi connectivity index (χ1v) is 5.22. The molecule has 0 bridgehead atoms. The molecule has 3 N–H and O–H groups in total. The summed E-state index contributed by atoms with van der Waals surface area (Å²) >= 11 is 5.75. The summed E-state index contributed by atoms with van der Waals surface area (Å²) in [6, 6.07) is 6.97. The summed E-state index contributed by atoms with van der Waals surface area (Å²) in [5, 5.41) is 10.4. The monoisotopic (exact) mass is 213 g/mol. The highest BCUT2D eigenvalue weighted by molar-refractivity contribution is 6.30. The third-order valence-electron chi connectivity index (χ3n) is 2.25. The van der Waals surface area contributed by atoms with E-state index < -0.39 is 6.10 Å². The maximum atomic E-state index is 9.68. The van der Waals surface area contributed by atoms with E-state index in [9.17, 15) is 5.11 Å². The highest BCUT2D eigenvalue weighted by Gasteiger charge is 2.15. The van der Waals surface area contributed by atoms with Crippen molar-refractivity contribution in [2.75, 3.05) is 0 Å². The van der Waals surface area contributed by atoms with E-state index in [2.05, 4.69) is 0 Å². The van der Waals surface area contributed by atoms with Gasteiger partial charge in [0.15, 0.2) is 0 Å². The zero-order chi connectivity index (χ0) is 10.6. The quantitative estimate of drug-likeness (QED) is 0.808. The lowest BCUT2D eigenvalue weighted by atomic mass is 9.99. The van der Waals surface area contributed by atoms with Gasteiger partial charge in [0.1, 0.15) is 0 Å². The van der Waals surface area contributed by atoms with Crippen LogP contribution in [0.15, 0.2) is 24.3 Å². The standard InChI is InChI=1S/C11H16ClNO/c1-2-3-10(14)11(13)8-4-6-9(12)7-5-8/h4-7,10-11,14H,2-3,13H2,1H3/t10-,11+/m1/s1. The van der Waals surface area contributed by atoms with Crippen molar-refractivity contribution in [2.24, 2.45) is 5.73 Å². The third-order valence-corrected chi connectivity index (χ3v) is 2.51. The Bertz CT molecular complexity index is 273. The van der Waals surface area contributed by atoms with Gasteiger partial charge >= 0.3 is 0 Å². The van der Waals surface area contributed by atoms with Gasteiger partial charge in [-0.1, -0.05) is 37.1 Å². The van der Waals surface area contributed by atoms with Crippen LogP contribution in [0.5, 0.6) is 0 Å². The smallest absolute Gasteiger partial charge is 0.0732 e. The summed E-state index contributed by atoms with van der Waals surface area (Å²) < 4.78 is 0. The second-order valence-corrected chi connectivity index (χ2v) is 3.87. The summed E-state index contributed by atoms with van der Waals surface area (Å²) in [5.74, 6) is 0. The van der Waals surface area contributed by atoms with Crippen LogP contribution in [0, 0.1) is 0 Å². The van der Waals surface area contributed by atoms with Crippen molar-refractivity contribution in [3.05, 3.63) is 34.9 Å². The molecule has 0 spiro atoms. The Balaban J connectivity index is 2.68. The van der Waals surface area contributed by atoms with Crippen LogP contribution in [-0.2, 0) is 0 Å². The number of benzene rings is 1. The fourth-order valence-electron chi connectivity index (χ4n) is 1.38. The molecule has 3 heteroatoms. The van der Waals surface area contributed by atoms with E-state index in [1.165, 1.54) is 0 Å². The Morgan fingerprint density at radius 1 is 1.36 bits per heavy atom. The Morgan fingerprint density at radius 3 is 2.43 bits per heavy atom. The topological polar surface area (TPSA) is 46.2 Å². The normalized spacial score (nSPS) is 15.1. The Kier molecular flexibility index (Phi) is 4.39. The van der Waals surface area contributed by atoms with Crippen molar-refractivity contribution < 1.29 is 5.11 Å². The average Bonchev–Trinajstić information content (AvgIpc) is 2.18. The van der Waals surface area contributed by atoms with Crippen molar-refractivity contribution in [1.82, 2.24) is 0 Å². The summed E-state index contributed by atoms with van der Waals surface area (Å²) in [7, 11) is 0. The van der Waals surface area contributed by atoms with E-state index in [-0.39, 0.29) is 6.04 Å². The zero-order valence-electron chi connectivity index (χ0n) is 8.28. The molecule has 0 fully saturated rings. The number of nitrogens with two attached hydrogens (primary N) is 1. The van der Waals surface area contributed by atoms with Crippen molar-refractivity contribution in [2.45, 2.75) is 31.9 Å². The molecule has 2 atom stereocenters. The molecule has 0 aliphatic heterocycles. The van der Waals surface area contributed by atoms with Crippen LogP contribution in [-0.4, -0.2) is 11.2 Å². The van der Waals surface area contributed by atoms with Gasteiger partial charge in [-0.25, -0.2) is 0 Å². The molecular formula is C11H16ClNO. The molecule has 0 aromatic heterocycles. The van der Waals surface area contributed by atoms with Crippen molar-refractivity contribution in [3.8, 4) is 0 Å². The van der Waals surface area contributed by atoms with Crippen molar-refractivity contribution in [1.29, 1.82) is 0 Å². The molecule has 0 saturated heterocycles. The zero-order valence-corrected chi connectivity index (χ0v) is 9.04. The molecule has 0 amide bonds. The second kappa shape index (κ2) is 5.35. The van der Waals surface area contributed by atoms with Gasteiger partial charge in [-0.2, -0.15) is 0 Å². The fraction of sp³-hybridized carbons (Fsp3) is 0.455. The number of rotatable bonds is 4. The first kappa shape index (κ1) is 11.5. The van der Waals surface area contributed by atoms with Crippen molar-refractivity contribution in [3.63, 3.8) is 0 Å². The fourth-order valence-corrected chi connectivity index (χ4v) is 1.51. The summed E-state index contributed by atoms with van der Waals surface area (Å²) in [5.41, 5.74) is 6.81. The van der Waals surface area contributed by atoms with Crippen LogP contribution < -0.4 is 5.73 Å². The molecule has 78 valence electrons. The van der Waals surface area contributed by atoms with Gasteiger partial charge in [0.2, 0.25) is 0 Å². The van der Waals surface area contributed by atoms with E-state index in [1.54, 1.807) is 12.1 Å². The Morgan fingerprint density at radius 2 is 1.93 bits per heavy atom. The van der Waals surface area contributed by atoms with Crippen LogP contribution in [0.1, 0.15) is 31.4 Å². The number of hydrogen-bond acceptors (Lipinski definition) is 2. The number of aliphatic hydroxyl groups is 1. The predicted octanol–water partition coefficient (Wildman–Crippen LogP) is 2.50. The molecule has 1 aromatic rings. The highest BCUT2D eigenvalue weighted by atomic mass is 35.5. The molecule has 0 unspecified atom stereocenters. The minimum absolute atomic E-state index is 0.313. The largest absolute Gasteiger partial charge is 0.391 e. The average molecular weight is 214 g/mol. The van der Waals surface area contributed by atoms with Crippen LogP contribution >= 0.6 is 11.6 Å². The van der Waals surface area contributed by atoms with Gasteiger partial charge in [-0.05, 0) is 24.1 Å². The Hall–Kier alpha value is -0.570. The maximum absolute atomic E-state index is 9.68. The number of hydrogen-bond donors (Lipinski definition) is 2. The maximum Gasteiger partial charge on any atom is 0.0732 e. The highest BCUT2D eigenvalue weighted by Crippen LogP contribution is 2.19. The van der Waals surface area contributed by atoms with Crippen LogP contribution in [0.3, 0.4) is 0 Å². The van der Waals surface area contributed by atoms with Crippen molar-refractivity contribution >= 4 is 11.6 Å². The molecule has 0 aliphatic rings. The minimum atomic E-state index is -0.471. The van der Waals surface area contributed by atoms with Crippen LogP contribution in [0.25, 0.3) is 0 Å². The van der Waals surface area contributed by atoms with Gasteiger partial charge in [0, 0.05) is 5.02 Å². The molecule has 0 radical (unpaired) electrons.